The van der Waals surface area contributed by atoms with Crippen LogP contribution in [-0.4, -0.2) is 22.4 Å². The standard InChI is InChI=1S/C12H21N3O/c1-4-6-11(13-5-2)9-15-12(16)7-10(3)8-14-15/h7-8,11,13H,4-6,9H2,1-3H3. The van der Waals surface area contributed by atoms with Crippen LogP contribution in [0.25, 0.3) is 0 Å². The largest absolute Gasteiger partial charge is 0.312 e. The summed E-state index contributed by atoms with van der Waals surface area (Å²) in [6, 6.07) is 1.96. The Kier molecular flexibility index (Phi) is 5.19. The van der Waals surface area contributed by atoms with Crippen LogP contribution in [-0.2, 0) is 6.54 Å². The molecule has 4 nitrogen and oxygen atoms in total. The lowest BCUT2D eigenvalue weighted by molar-refractivity contribution is 0.399. The number of likely N-dealkylation sites (N-methyl/N-ethyl adjacent to an activating group) is 1. The molecule has 0 radical (unpaired) electrons. The molecule has 90 valence electrons. The summed E-state index contributed by atoms with van der Waals surface area (Å²) in [4.78, 5) is 11.7. The van der Waals surface area contributed by atoms with Crippen molar-refractivity contribution in [1.82, 2.24) is 15.1 Å². The highest BCUT2D eigenvalue weighted by Gasteiger charge is 2.08. The van der Waals surface area contributed by atoms with Gasteiger partial charge in [0.15, 0.2) is 0 Å². The summed E-state index contributed by atoms with van der Waals surface area (Å²) in [6.45, 7) is 7.68. The Morgan fingerprint density at radius 3 is 2.81 bits per heavy atom. The van der Waals surface area contributed by atoms with E-state index in [2.05, 4.69) is 24.3 Å². The molecule has 0 aliphatic rings. The van der Waals surface area contributed by atoms with E-state index in [1.807, 2.05) is 6.92 Å². The Balaban J connectivity index is 2.72. The van der Waals surface area contributed by atoms with Crippen molar-refractivity contribution in [2.24, 2.45) is 0 Å². The van der Waals surface area contributed by atoms with Gasteiger partial charge in [-0.1, -0.05) is 20.3 Å². The predicted molar refractivity (Wildman–Crippen MR) is 65.6 cm³/mol. The van der Waals surface area contributed by atoms with Crippen LogP contribution >= 0.6 is 0 Å². The minimum atomic E-state index is -0.0148. The third kappa shape index (κ3) is 3.77. The molecule has 1 aromatic heterocycles. The Hall–Kier alpha value is -1.16. The SMILES string of the molecule is CCCC(Cn1ncc(C)cc1=O)NCC. The van der Waals surface area contributed by atoms with E-state index in [9.17, 15) is 4.79 Å². The summed E-state index contributed by atoms with van der Waals surface area (Å²) in [6.07, 6.45) is 3.91. The van der Waals surface area contributed by atoms with E-state index in [1.165, 1.54) is 4.68 Å². The van der Waals surface area contributed by atoms with Gasteiger partial charge in [-0.3, -0.25) is 4.79 Å². The molecule has 0 aliphatic carbocycles. The Morgan fingerprint density at radius 2 is 2.25 bits per heavy atom. The van der Waals surface area contributed by atoms with E-state index >= 15 is 0 Å². The van der Waals surface area contributed by atoms with E-state index in [4.69, 9.17) is 0 Å². The predicted octanol–water partition coefficient (Wildman–Crippen LogP) is 1.33. The first kappa shape index (κ1) is 12.9. The maximum absolute atomic E-state index is 11.7. The van der Waals surface area contributed by atoms with Crippen molar-refractivity contribution in [2.75, 3.05) is 6.54 Å². The van der Waals surface area contributed by atoms with E-state index in [1.54, 1.807) is 12.3 Å². The second-order valence-electron chi connectivity index (χ2n) is 4.10. The zero-order valence-corrected chi connectivity index (χ0v) is 10.4. The van der Waals surface area contributed by atoms with Gasteiger partial charge in [-0.05, 0) is 25.5 Å². The third-order valence-corrected chi connectivity index (χ3v) is 2.53. The molecule has 1 unspecified atom stereocenters. The molecule has 1 atom stereocenters. The van der Waals surface area contributed by atoms with Gasteiger partial charge in [0.1, 0.15) is 0 Å². The molecule has 0 aliphatic heterocycles. The van der Waals surface area contributed by atoms with Gasteiger partial charge in [-0.15, -0.1) is 0 Å². The molecule has 0 bridgehead atoms. The summed E-state index contributed by atoms with van der Waals surface area (Å²) in [7, 11) is 0. The van der Waals surface area contributed by atoms with Gasteiger partial charge in [-0.2, -0.15) is 5.10 Å². The van der Waals surface area contributed by atoms with Crippen LogP contribution in [0.1, 0.15) is 32.3 Å². The zero-order valence-electron chi connectivity index (χ0n) is 10.4. The van der Waals surface area contributed by atoms with E-state index in [0.29, 0.717) is 12.6 Å². The molecular weight excluding hydrogens is 202 g/mol. The summed E-state index contributed by atoms with van der Waals surface area (Å²) in [5, 5.41) is 7.52. The second-order valence-corrected chi connectivity index (χ2v) is 4.10. The van der Waals surface area contributed by atoms with Crippen LogP contribution < -0.4 is 10.9 Å². The maximum Gasteiger partial charge on any atom is 0.267 e. The number of rotatable bonds is 6. The van der Waals surface area contributed by atoms with Gasteiger partial charge in [-0.25, -0.2) is 4.68 Å². The molecule has 1 rings (SSSR count). The highest BCUT2D eigenvalue weighted by molar-refractivity contribution is 5.02. The summed E-state index contributed by atoms with van der Waals surface area (Å²) < 4.78 is 1.54. The minimum absolute atomic E-state index is 0.0148. The fourth-order valence-corrected chi connectivity index (χ4v) is 1.77. The molecule has 4 heteroatoms. The van der Waals surface area contributed by atoms with Crippen molar-refractivity contribution in [3.8, 4) is 0 Å². The highest BCUT2D eigenvalue weighted by atomic mass is 16.1. The number of aryl methyl sites for hydroxylation is 1. The molecule has 0 saturated carbocycles. The lowest BCUT2D eigenvalue weighted by Crippen LogP contribution is -2.37. The van der Waals surface area contributed by atoms with Gasteiger partial charge in [0.25, 0.3) is 5.56 Å². The van der Waals surface area contributed by atoms with Gasteiger partial charge >= 0.3 is 0 Å². The first-order chi connectivity index (χ1) is 7.67. The van der Waals surface area contributed by atoms with Crippen molar-refractivity contribution in [2.45, 2.75) is 46.2 Å². The number of aromatic nitrogens is 2. The average molecular weight is 223 g/mol. The molecule has 1 aromatic rings. The molecule has 1 heterocycles. The Bertz CT molecular complexity index is 367. The van der Waals surface area contributed by atoms with E-state index in [0.717, 1.165) is 24.9 Å². The fourth-order valence-electron chi connectivity index (χ4n) is 1.77. The minimum Gasteiger partial charge on any atom is -0.312 e. The van der Waals surface area contributed by atoms with Crippen LogP contribution in [0.4, 0.5) is 0 Å². The first-order valence-electron chi connectivity index (χ1n) is 5.94. The summed E-state index contributed by atoms with van der Waals surface area (Å²) in [5.41, 5.74) is 0.899. The quantitative estimate of drug-likeness (QED) is 0.791. The fraction of sp³-hybridized carbons (Fsp3) is 0.667. The lowest BCUT2D eigenvalue weighted by Gasteiger charge is -2.17. The van der Waals surface area contributed by atoms with Crippen LogP contribution in [0.2, 0.25) is 0 Å². The summed E-state index contributed by atoms with van der Waals surface area (Å²) in [5.74, 6) is 0. The van der Waals surface area contributed by atoms with Crippen molar-refractivity contribution >= 4 is 0 Å². The van der Waals surface area contributed by atoms with E-state index in [-0.39, 0.29) is 5.56 Å². The van der Waals surface area contributed by atoms with Gasteiger partial charge < -0.3 is 5.32 Å². The molecule has 1 N–H and O–H groups in total. The third-order valence-electron chi connectivity index (χ3n) is 2.53. The van der Waals surface area contributed by atoms with Gasteiger partial charge in [0.2, 0.25) is 0 Å². The molecule has 0 spiro atoms. The van der Waals surface area contributed by atoms with Crippen LogP contribution in [0.3, 0.4) is 0 Å². The number of hydrogen-bond donors (Lipinski definition) is 1. The lowest BCUT2D eigenvalue weighted by atomic mass is 10.1. The molecule has 0 aromatic carbocycles. The van der Waals surface area contributed by atoms with Crippen molar-refractivity contribution in [3.05, 3.63) is 28.2 Å². The highest BCUT2D eigenvalue weighted by Crippen LogP contribution is 1.98. The molecule has 0 fully saturated rings. The van der Waals surface area contributed by atoms with Crippen molar-refractivity contribution < 1.29 is 0 Å². The Morgan fingerprint density at radius 1 is 1.50 bits per heavy atom. The first-order valence-corrected chi connectivity index (χ1v) is 5.94. The van der Waals surface area contributed by atoms with Crippen LogP contribution in [0, 0.1) is 6.92 Å². The Labute approximate surface area is 96.7 Å². The van der Waals surface area contributed by atoms with E-state index < -0.39 is 0 Å². The normalized spacial score (nSPS) is 12.7. The van der Waals surface area contributed by atoms with Gasteiger partial charge in [0, 0.05) is 12.1 Å². The monoisotopic (exact) mass is 223 g/mol. The summed E-state index contributed by atoms with van der Waals surface area (Å²) >= 11 is 0. The number of nitrogens with one attached hydrogen (secondary N) is 1. The second kappa shape index (κ2) is 6.43. The topological polar surface area (TPSA) is 46.9 Å². The molecule has 16 heavy (non-hydrogen) atoms. The number of hydrogen-bond acceptors (Lipinski definition) is 3. The number of nitrogens with zero attached hydrogens (tertiary/aromatic N) is 2. The smallest absolute Gasteiger partial charge is 0.267 e. The molecular formula is C12H21N3O. The van der Waals surface area contributed by atoms with Crippen molar-refractivity contribution in [3.63, 3.8) is 0 Å². The maximum atomic E-state index is 11.7. The average Bonchev–Trinajstić information content (AvgIpc) is 2.23. The van der Waals surface area contributed by atoms with Crippen molar-refractivity contribution in [1.29, 1.82) is 0 Å². The van der Waals surface area contributed by atoms with Crippen LogP contribution in [0.5, 0.6) is 0 Å². The van der Waals surface area contributed by atoms with Crippen LogP contribution in [0.15, 0.2) is 17.1 Å². The molecule has 0 saturated heterocycles. The molecule has 0 amide bonds. The van der Waals surface area contributed by atoms with Gasteiger partial charge in [0.05, 0.1) is 12.7 Å². The zero-order chi connectivity index (χ0) is 12.0.